The van der Waals surface area contributed by atoms with Crippen LogP contribution in [0.1, 0.15) is 25.8 Å². The molecule has 0 aromatic heterocycles. The van der Waals surface area contributed by atoms with E-state index in [0.29, 0.717) is 11.4 Å². The van der Waals surface area contributed by atoms with Crippen molar-refractivity contribution in [2.75, 3.05) is 12.4 Å². The number of carbonyl (C=O) groups excluding carboxylic acids is 1. The number of rotatable bonds is 5. The van der Waals surface area contributed by atoms with Gasteiger partial charge in [0.05, 0.1) is 18.8 Å². The summed E-state index contributed by atoms with van der Waals surface area (Å²) < 4.78 is 6.20. The maximum absolute atomic E-state index is 12.1. The Labute approximate surface area is 122 Å². The van der Waals surface area contributed by atoms with Gasteiger partial charge in [0.25, 0.3) is 0 Å². The molecule has 4 nitrogen and oxygen atoms in total. The predicted octanol–water partition coefficient (Wildman–Crippen LogP) is 3.08. The quantitative estimate of drug-likeness (QED) is 0.872. The van der Waals surface area contributed by atoms with Gasteiger partial charge in [0.1, 0.15) is 5.75 Å². The van der Waals surface area contributed by atoms with Gasteiger partial charge in [-0.15, -0.1) is 0 Å². The predicted molar refractivity (Wildman–Crippen MR) is 81.5 cm³/mol. The van der Waals surface area contributed by atoms with Crippen molar-refractivity contribution in [2.45, 2.75) is 33.2 Å². The van der Waals surface area contributed by atoms with Crippen molar-refractivity contribution in [1.29, 1.82) is 0 Å². The molecule has 0 spiro atoms. The number of aryl methyl sites for hydroxylation is 1. The van der Waals surface area contributed by atoms with E-state index in [0.717, 1.165) is 16.5 Å². The molecule has 0 radical (unpaired) electrons. The molecule has 1 aromatic carbocycles. The van der Waals surface area contributed by atoms with Gasteiger partial charge in [0.2, 0.25) is 5.91 Å². The molecule has 0 aliphatic heterocycles. The van der Waals surface area contributed by atoms with E-state index in [1.54, 1.807) is 7.11 Å². The van der Waals surface area contributed by atoms with E-state index in [2.05, 4.69) is 21.2 Å². The van der Waals surface area contributed by atoms with Crippen LogP contribution in [-0.2, 0) is 4.79 Å². The number of anilines is 1. The Kier molecular flexibility index (Phi) is 5.82. The highest BCUT2D eigenvalue weighted by molar-refractivity contribution is 9.10. The fraction of sp³-hybridized carbons (Fsp3) is 0.500. The molecule has 0 heterocycles. The van der Waals surface area contributed by atoms with Crippen LogP contribution < -0.4 is 15.8 Å². The van der Waals surface area contributed by atoms with Crippen molar-refractivity contribution >= 4 is 27.5 Å². The van der Waals surface area contributed by atoms with Crippen molar-refractivity contribution in [2.24, 2.45) is 11.7 Å². The summed E-state index contributed by atoms with van der Waals surface area (Å²) in [5, 5.41) is 2.86. The molecule has 3 N–H and O–H groups in total. The van der Waals surface area contributed by atoms with Gasteiger partial charge in [0, 0.05) is 4.47 Å². The number of hydrogen-bond donors (Lipinski definition) is 2. The molecule has 106 valence electrons. The normalized spacial score (nSPS) is 13.8. The molecule has 0 unspecified atom stereocenters. The summed E-state index contributed by atoms with van der Waals surface area (Å²) in [5.74, 6) is 0.580. The monoisotopic (exact) mass is 328 g/mol. The number of nitrogens with two attached hydrogens (primary N) is 1. The number of halogens is 1. The van der Waals surface area contributed by atoms with Crippen molar-refractivity contribution in [3.63, 3.8) is 0 Å². The van der Waals surface area contributed by atoms with Crippen LogP contribution in [-0.4, -0.2) is 19.1 Å². The zero-order valence-corrected chi connectivity index (χ0v) is 13.4. The van der Waals surface area contributed by atoms with Crippen molar-refractivity contribution in [1.82, 2.24) is 0 Å². The van der Waals surface area contributed by atoms with Crippen LogP contribution in [0.4, 0.5) is 5.69 Å². The molecule has 0 bridgehead atoms. The molecular weight excluding hydrogens is 308 g/mol. The second kappa shape index (κ2) is 6.91. The van der Waals surface area contributed by atoms with E-state index < -0.39 is 6.04 Å². The van der Waals surface area contributed by atoms with Gasteiger partial charge in [-0.05, 0) is 30.5 Å². The molecule has 19 heavy (non-hydrogen) atoms. The highest BCUT2D eigenvalue weighted by atomic mass is 79.9. The maximum atomic E-state index is 12.1. The second-order valence-corrected chi connectivity index (χ2v) is 5.62. The van der Waals surface area contributed by atoms with Crippen LogP contribution in [0.5, 0.6) is 5.75 Å². The third-order valence-electron chi connectivity index (χ3n) is 3.29. The zero-order valence-electron chi connectivity index (χ0n) is 11.8. The zero-order chi connectivity index (χ0) is 14.6. The molecule has 5 heteroatoms. The first kappa shape index (κ1) is 16.0. The standard InChI is InChI=1S/C14H21BrN2O2/c1-5-8(2)12(16)14(18)17-13-9(3)6-10(15)7-11(13)19-4/h6-8,12H,5,16H2,1-4H3,(H,17,18)/t8-,12-/m0/s1. The minimum atomic E-state index is -0.516. The highest BCUT2D eigenvalue weighted by Crippen LogP contribution is 2.32. The molecule has 0 saturated heterocycles. The van der Waals surface area contributed by atoms with Gasteiger partial charge in [-0.2, -0.15) is 0 Å². The summed E-state index contributed by atoms with van der Waals surface area (Å²) in [4.78, 5) is 12.1. The minimum Gasteiger partial charge on any atom is -0.495 e. The lowest BCUT2D eigenvalue weighted by molar-refractivity contribution is -0.118. The Balaban J connectivity index is 2.96. The SMILES string of the molecule is CC[C@H](C)[C@H](N)C(=O)Nc1c(C)cc(Br)cc1OC. The Morgan fingerprint density at radius 3 is 2.68 bits per heavy atom. The van der Waals surface area contributed by atoms with E-state index in [1.165, 1.54) is 0 Å². The number of methoxy groups -OCH3 is 1. The van der Waals surface area contributed by atoms with Gasteiger partial charge in [-0.1, -0.05) is 36.2 Å². The van der Waals surface area contributed by atoms with Crippen LogP contribution in [0.15, 0.2) is 16.6 Å². The third-order valence-corrected chi connectivity index (χ3v) is 3.75. The Hall–Kier alpha value is -1.07. The second-order valence-electron chi connectivity index (χ2n) is 4.70. The number of nitrogens with one attached hydrogen (secondary N) is 1. The lowest BCUT2D eigenvalue weighted by Crippen LogP contribution is -2.40. The lowest BCUT2D eigenvalue weighted by Gasteiger charge is -2.20. The van der Waals surface area contributed by atoms with E-state index in [4.69, 9.17) is 10.5 Å². The van der Waals surface area contributed by atoms with Gasteiger partial charge in [0.15, 0.2) is 0 Å². The Morgan fingerprint density at radius 2 is 2.16 bits per heavy atom. The summed E-state index contributed by atoms with van der Waals surface area (Å²) in [6.45, 7) is 5.90. The average Bonchev–Trinajstić information content (AvgIpc) is 2.39. The molecule has 2 atom stereocenters. The number of amides is 1. The Morgan fingerprint density at radius 1 is 1.53 bits per heavy atom. The summed E-state index contributed by atoms with van der Waals surface area (Å²) in [6, 6.07) is 3.22. The van der Waals surface area contributed by atoms with E-state index >= 15 is 0 Å². The van der Waals surface area contributed by atoms with Gasteiger partial charge in [-0.25, -0.2) is 0 Å². The molecule has 0 saturated carbocycles. The van der Waals surface area contributed by atoms with Crippen molar-refractivity contribution < 1.29 is 9.53 Å². The van der Waals surface area contributed by atoms with E-state index in [-0.39, 0.29) is 11.8 Å². The smallest absolute Gasteiger partial charge is 0.241 e. The number of benzene rings is 1. The third kappa shape index (κ3) is 3.94. The number of carbonyl (C=O) groups is 1. The van der Waals surface area contributed by atoms with Crippen LogP contribution in [0.25, 0.3) is 0 Å². The average molecular weight is 329 g/mol. The summed E-state index contributed by atoms with van der Waals surface area (Å²) in [5.41, 5.74) is 7.53. The molecule has 0 aliphatic rings. The summed E-state index contributed by atoms with van der Waals surface area (Å²) in [7, 11) is 1.57. The molecule has 0 fully saturated rings. The Bertz CT molecular complexity index is 463. The van der Waals surface area contributed by atoms with Crippen LogP contribution in [0, 0.1) is 12.8 Å². The molecular formula is C14H21BrN2O2. The fourth-order valence-corrected chi connectivity index (χ4v) is 2.30. The maximum Gasteiger partial charge on any atom is 0.241 e. The largest absolute Gasteiger partial charge is 0.495 e. The van der Waals surface area contributed by atoms with Crippen LogP contribution >= 0.6 is 15.9 Å². The van der Waals surface area contributed by atoms with Crippen LogP contribution in [0.3, 0.4) is 0 Å². The van der Waals surface area contributed by atoms with Gasteiger partial charge in [-0.3, -0.25) is 4.79 Å². The van der Waals surface area contributed by atoms with Gasteiger partial charge >= 0.3 is 0 Å². The van der Waals surface area contributed by atoms with Crippen molar-refractivity contribution in [3.05, 3.63) is 22.2 Å². The van der Waals surface area contributed by atoms with Crippen LogP contribution in [0.2, 0.25) is 0 Å². The summed E-state index contributed by atoms with van der Waals surface area (Å²) in [6.07, 6.45) is 0.866. The number of hydrogen-bond acceptors (Lipinski definition) is 3. The molecule has 1 rings (SSSR count). The minimum absolute atomic E-state index is 0.141. The molecule has 0 aliphatic carbocycles. The van der Waals surface area contributed by atoms with Crippen molar-refractivity contribution in [3.8, 4) is 5.75 Å². The fourth-order valence-electron chi connectivity index (χ4n) is 1.75. The molecule has 1 aromatic rings. The first-order valence-electron chi connectivity index (χ1n) is 6.31. The highest BCUT2D eigenvalue weighted by Gasteiger charge is 2.21. The first-order chi connectivity index (χ1) is 8.90. The van der Waals surface area contributed by atoms with E-state index in [1.807, 2.05) is 32.9 Å². The topological polar surface area (TPSA) is 64.4 Å². The number of ether oxygens (including phenoxy) is 1. The van der Waals surface area contributed by atoms with E-state index in [9.17, 15) is 4.79 Å². The molecule has 1 amide bonds. The lowest BCUT2D eigenvalue weighted by atomic mass is 9.99. The van der Waals surface area contributed by atoms with Gasteiger partial charge < -0.3 is 15.8 Å². The first-order valence-corrected chi connectivity index (χ1v) is 7.10. The summed E-state index contributed by atoms with van der Waals surface area (Å²) >= 11 is 3.40.